The first kappa shape index (κ1) is 11.6. The molecule has 0 spiro atoms. The van der Waals surface area contributed by atoms with Crippen molar-refractivity contribution in [3.63, 3.8) is 0 Å². The molecule has 16 heavy (non-hydrogen) atoms. The third-order valence-electron chi connectivity index (χ3n) is 1.95. The number of hydrazone groups is 1. The fourth-order valence-corrected chi connectivity index (χ4v) is 2.31. The molecule has 0 bridgehead atoms. The van der Waals surface area contributed by atoms with E-state index in [-0.39, 0.29) is 5.91 Å². The van der Waals surface area contributed by atoms with Crippen LogP contribution < -0.4 is 0 Å². The maximum Gasteiger partial charge on any atom is 0.259 e. The van der Waals surface area contributed by atoms with E-state index in [1.165, 1.54) is 16.8 Å². The van der Waals surface area contributed by atoms with Crippen molar-refractivity contribution >= 4 is 52.0 Å². The third-order valence-corrected chi connectivity index (χ3v) is 3.63. The summed E-state index contributed by atoms with van der Waals surface area (Å²) in [6.45, 7) is 0. The molecular weight excluding hydrogens is 264 g/mol. The number of thioether (sulfide) groups is 1. The summed E-state index contributed by atoms with van der Waals surface area (Å²) in [5.41, 5.74) is 0.761. The summed E-state index contributed by atoms with van der Waals surface area (Å²) in [5, 5.41) is 5.85. The first-order chi connectivity index (χ1) is 7.68. The molecule has 0 saturated carbocycles. The minimum Gasteiger partial charge on any atom is -0.272 e. The normalized spacial score (nSPS) is 16.4. The predicted octanol–water partition coefficient (Wildman–Crippen LogP) is 2.53. The minimum absolute atomic E-state index is 0.0988. The number of carbonyl (C=O) groups excluding carboxylic acids is 1. The number of carbonyl (C=O) groups is 1. The van der Waals surface area contributed by atoms with Gasteiger partial charge in [0.05, 0.1) is 12.0 Å². The number of amides is 1. The van der Waals surface area contributed by atoms with Crippen molar-refractivity contribution in [2.75, 3.05) is 5.75 Å². The summed E-state index contributed by atoms with van der Waals surface area (Å²) in [7, 11) is 0. The van der Waals surface area contributed by atoms with Gasteiger partial charge >= 0.3 is 0 Å². The maximum atomic E-state index is 11.4. The van der Waals surface area contributed by atoms with Crippen LogP contribution in [0, 0.1) is 0 Å². The van der Waals surface area contributed by atoms with Crippen molar-refractivity contribution < 1.29 is 4.79 Å². The molecule has 6 heteroatoms. The van der Waals surface area contributed by atoms with Crippen molar-refractivity contribution in [2.24, 2.45) is 5.10 Å². The topological polar surface area (TPSA) is 32.7 Å². The van der Waals surface area contributed by atoms with Gasteiger partial charge in [0.15, 0.2) is 4.32 Å². The molecule has 1 aromatic rings. The Balaban J connectivity index is 2.18. The van der Waals surface area contributed by atoms with Gasteiger partial charge in [-0.1, -0.05) is 53.8 Å². The van der Waals surface area contributed by atoms with Gasteiger partial charge in [-0.15, -0.1) is 0 Å². The second-order valence-electron chi connectivity index (χ2n) is 3.03. The monoisotopic (exact) mass is 270 g/mol. The van der Waals surface area contributed by atoms with Gasteiger partial charge in [0.2, 0.25) is 0 Å². The van der Waals surface area contributed by atoms with Crippen LogP contribution >= 0.6 is 35.6 Å². The molecule has 0 atom stereocenters. The van der Waals surface area contributed by atoms with Gasteiger partial charge in [0.1, 0.15) is 0 Å². The lowest BCUT2D eigenvalue weighted by molar-refractivity contribution is -0.123. The van der Waals surface area contributed by atoms with Crippen LogP contribution in [0.2, 0.25) is 5.02 Å². The Kier molecular flexibility index (Phi) is 3.58. The molecule has 0 N–H and O–H groups in total. The van der Waals surface area contributed by atoms with E-state index in [2.05, 4.69) is 5.10 Å². The van der Waals surface area contributed by atoms with E-state index in [1.54, 1.807) is 12.3 Å². The number of thiocarbonyl (C=S) groups is 1. The van der Waals surface area contributed by atoms with E-state index in [0.717, 1.165) is 5.56 Å². The fourth-order valence-electron chi connectivity index (χ4n) is 1.16. The Bertz CT molecular complexity index is 460. The van der Waals surface area contributed by atoms with Crippen LogP contribution in [0.15, 0.2) is 29.4 Å². The highest BCUT2D eigenvalue weighted by atomic mass is 35.5. The third kappa shape index (κ3) is 2.42. The lowest BCUT2D eigenvalue weighted by Gasteiger charge is -2.06. The van der Waals surface area contributed by atoms with Gasteiger partial charge < -0.3 is 0 Å². The zero-order valence-electron chi connectivity index (χ0n) is 8.09. The van der Waals surface area contributed by atoms with E-state index >= 15 is 0 Å². The van der Waals surface area contributed by atoms with Gasteiger partial charge in [-0.05, 0) is 6.07 Å². The Labute approximate surface area is 107 Å². The molecule has 1 aliphatic rings. The van der Waals surface area contributed by atoms with E-state index in [0.29, 0.717) is 15.1 Å². The van der Waals surface area contributed by atoms with Crippen molar-refractivity contribution in [2.45, 2.75) is 0 Å². The van der Waals surface area contributed by atoms with Crippen LogP contribution in [0.5, 0.6) is 0 Å². The number of benzene rings is 1. The number of hydrogen-bond donors (Lipinski definition) is 0. The van der Waals surface area contributed by atoms with Crippen molar-refractivity contribution in [3.05, 3.63) is 34.9 Å². The van der Waals surface area contributed by atoms with Crippen molar-refractivity contribution in [3.8, 4) is 0 Å². The molecule has 0 aromatic heterocycles. The molecule has 0 radical (unpaired) electrons. The Hall–Kier alpha value is -0.910. The van der Waals surface area contributed by atoms with Crippen LogP contribution in [-0.2, 0) is 4.79 Å². The second-order valence-corrected chi connectivity index (χ2v) is 5.04. The number of hydrogen-bond acceptors (Lipinski definition) is 4. The van der Waals surface area contributed by atoms with E-state index in [1.807, 2.05) is 18.2 Å². The summed E-state index contributed by atoms with van der Waals surface area (Å²) in [4.78, 5) is 11.4. The van der Waals surface area contributed by atoms with Gasteiger partial charge in [0.25, 0.3) is 5.91 Å². The Morgan fingerprint density at radius 3 is 2.88 bits per heavy atom. The molecule has 1 saturated heterocycles. The number of halogens is 1. The summed E-state index contributed by atoms with van der Waals surface area (Å²) in [6, 6.07) is 7.28. The highest BCUT2D eigenvalue weighted by Crippen LogP contribution is 2.20. The lowest BCUT2D eigenvalue weighted by atomic mass is 10.2. The van der Waals surface area contributed by atoms with E-state index in [9.17, 15) is 4.79 Å². The largest absolute Gasteiger partial charge is 0.272 e. The van der Waals surface area contributed by atoms with E-state index in [4.69, 9.17) is 23.8 Å². The standard InChI is InChI=1S/C10H7ClN2OS2/c11-8-4-2-1-3-7(8)5-12-13-9(14)6-16-10(13)15/h1-5H,6H2/b12-5-. The molecule has 3 nitrogen and oxygen atoms in total. The summed E-state index contributed by atoms with van der Waals surface area (Å²) in [5.74, 6) is 0.261. The molecule has 1 fully saturated rings. The van der Waals surface area contributed by atoms with Crippen LogP contribution in [0.25, 0.3) is 0 Å². The first-order valence-corrected chi connectivity index (χ1v) is 6.24. The SMILES string of the molecule is O=C1CSC(=S)N1/N=C\c1ccccc1Cl. The highest BCUT2D eigenvalue weighted by molar-refractivity contribution is 8.23. The second kappa shape index (κ2) is 4.95. The maximum absolute atomic E-state index is 11.4. The molecule has 0 aliphatic carbocycles. The summed E-state index contributed by atoms with van der Waals surface area (Å²) >= 11 is 12.3. The summed E-state index contributed by atoms with van der Waals surface area (Å²) < 4.78 is 0.480. The van der Waals surface area contributed by atoms with Gasteiger partial charge in [-0.3, -0.25) is 4.79 Å². The molecule has 1 amide bonds. The molecular formula is C10H7ClN2OS2. The van der Waals surface area contributed by atoms with Gasteiger partial charge in [-0.2, -0.15) is 10.1 Å². The number of nitrogens with zero attached hydrogens (tertiary/aromatic N) is 2. The Morgan fingerprint density at radius 1 is 1.50 bits per heavy atom. The fraction of sp³-hybridized carbons (Fsp3) is 0.100. The Morgan fingerprint density at radius 2 is 2.25 bits per heavy atom. The highest BCUT2D eigenvalue weighted by Gasteiger charge is 2.25. The molecule has 2 rings (SSSR count). The van der Waals surface area contributed by atoms with Crippen molar-refractivity contribution in [1.82, 2.24) is 5.01 Å². The summed E-state index contributed by atoms with van der Waals surface area (Å²) in [6.07, 6.45) is 1.54. The molecule has 1 aromatic carbocycles. The molecule has 0 unspecified atom stereocenters. The molecule has 82 valence electrons. The first-order valence-electron chi connectivity index (χ1n) is 4.47. The smallest absolute Gasteiger partial charge is 0.259 e. The zero-order chi connectivity index (χ0) is 11.5. The lowest BCUT2D eigenvalue weighted by Crippen LogP contribution is -2.22. The number of rotatable bonds is 2. The van der Waals surface area contributed by atoms with E-state index < -0.39 is 0 Å². The molecule has 1 heterocycles. The quantitative estimate of drug-likeness (QED) is 0.612. The average molecular weight is 271 g/mol. The minimum atomic E-state index is -0.0988. The van der Waals surface area contributed by atoms with Crippen LogP contribution in [0.3, 0.4) is 0 Å². The average Bonchev–Trinajstić information content (AvgIpc) is 2.58. The van der Waals surface area contributed by atoms with Gasteiger partial charge in [-0.25, -0.2) is 0 Å². The van der Waals surface area contributed by atoms with Crippen LogP contribution in [0.1, 0.15) is 5.56 Å². The molecule has 1 aliphatic heterocycles. The van der Waals surface area contributed by atoms with Crippen molar-refractivity contribution in [1.29, 1.82) is 0 Å². The predicted molar refractivity (Wildman–Crippen MR) is 70.9 cm³/mol. The zero-order valence-corrected chi connectivity index (χ0v) is 10.5. The van der Waals surface area contributed by atoms with Crippen LogP contribution in [-0.4, -0.2) is 27.2 Å². The van der Waals surface area contributed by atoms with Gasteiger partial charge in [0, 0.05) is 10.6 Å². The van der Waals surface area contributed by atoms with Crippen LogP contribution in [0.4, 0.5) is 0 Å².